The van der Waals surface area contributed by atoms with E-state index in [1.165, 1.54) is 5.56 Å². The number of carbonyl (C=O) groups excluding carboxylic acids is 1. The molecule has 0 radical (unpaired) electrons. The molecule has 144 valence electrons. The number of fused-ring (bicyclic) bond motifs is 1. The van der Waals surface area contributed by atoms with E-state index in [9.17, 15) is 9.59 Å². The topological polar surface area (TPSA) is 56.4 Å². The van der Waals surface area contributed by atoms with Gasteiger partial charge in [0.25, 0.3) is 5.56 Å². The van der Waals surface area contributed by atoms with Crippen LogP contribution in [-0.2, 0) is 11.2 Å². The first kappa shape index (κ1) is 18.4. The SMILES string of the molecule is Cc1cc2cc(CC(=O)N3CCN(C)C(c4ccccc4)C3)ccc2[nH]c1=O. The Hall–Kier alpha value is -2.92. The van der Waals surface area contributed by atoms with Gasteiger partial charge in [0.2, 0.25) is 5.91 Å². The van der Waals surface area contributed by atoms with E-state index in [0.717, 1.165) is 29.6 Å². The lowest BCUT2D eigenvalue weighted by atomic mass is 10.0. The van der Waals surface area contributed by atoms with Crippen LogP contribution in [0.5, 0.6) is 0 Å². The molecule has 0 bridgehead atoms. The number of amides is 1. The Morgan fingerprint density at radius 2 is 1.89 bits per heavy atom. The molecular formula is C23H25N3O2. The van der Waals surface area contributed by atoms with Crippen molar-refractivity contribution in [2.75, 3.05) is 26.7 Å². The smallest absolute Gasteiger partial charge is 0.251 e. The fourth-order valence-corrected chi connectivity index (χ4v) is 3.90. The summed E-state index contributed by atoms with van der Waals surface area (Å²) < 4.78 is 0. The van der Waals surface area contributed by atoms with Crippen LogP contribution >= 0.6 is 0 Å². The highest BCUT2D eigenvalue weighted by Gasteiger charge is 2.28. The fourth-order valence-electron chi connectivity index (χ4n) is 3.90. The maximum Gasteiger partial charge on any atom is 0.251 e. The van der Waals surface area contributed by atoms with E-state index in [2.05, 4.69) is 29.1 Å². The molecule has 2 heterocycles. The summed E-state index contributed by atoms with van der Waals surface area (Å²) in [6, 6.07) is 18.3. The highest BCUT2D eigenvalue weighted by molar-refractivity contribution is 5.83. The van der Waals surface area contributed by atoms with E-state index in [0.29, 0.717) is 18.5 Å². The second-order valence-electron chi connectivity index (χ2n) is 7.63. The van der Waals surface area contributed by atoms with Gasteiger partial charge >= 0.3 is 0 Å². The number of carbonyl (C=O) groups is 1. The summed E-state index contributed by atoms with van der Waals surface area (Å²) >= 11 is 0. The molecule has 1 atom stereocenters. The minimum absolute atomic E-state index is 0.0688. The summed E-state index contributed by atoms with van der Waals surface area (Å²) in [5.74, 6) is 0.148. The van der Waals surface area contributed by atoms with Gasteiger partial charge in [0.15, 0.2) is 0 Å². The number of H-pyrrole nitrogens is 1. The molecule has 1 unspecified atom stereocenters. The Morgan fingerprint density at radius 3 is 2.68 bits per heavy atom. The number of piperazine rings is 1. The molecule has 28 heavy (non-hydrogen) atoms. The van der Waals surface area contributed by atoms with E-state index in [4.69, 9.17) is 0 Å². The van der Waals surface area contributed by atoms with E-state index in [-0.39, 0.29) is 17.5 Å². The van der Waals surface area contributed by atoms with Gasteiger partial charge < -0.3 is 9.88 Å². The molecule has 0 saturated carbocycles. The molecule has 1 N–H and O–H groups in total. The Balaban J connectivity index is 1.51. The molecule has 3 aromatic rings. The van der Waals surface area contributed by atoms with Crippen LogP contribution in [0.15, 0.2) is 59.4 Å². The van der Waals surface area contributed by atoms with Gasteiger partial charge in [-0.3, -0.25) is 14.5 Å². The van der Waals surface area contributed by atoms with Crippen LogP contribution in [0.1, 0.15) is 22.7 Å². The summed E-state index contributed by atoms with van der Waals surface area (Å²) in [6.45, 7) is 4.12. The molecular weight excluding hydrogens is 350 g/mol. The van der Waals surface area contributed by atoms with Crippen molar-refractivity contribution in [3.05, 3.63) is 81.6 Å². The molecule has 0 aliphatic carbocycles. The number of hydrogen-bond acceptors (Lipinski definition) is 3. The molecule has 2 aromatic carbocycles. The molecule has 1 saturated heterocycles. The number of rotatable bonds is 3. The third-order valence-corrected chi connectivity index (χ3v) is 5.63. The first-order valence-corrected chi connectivity index (χ1v) is 9.67. The normalized spacial score (nSPS) is 17.8. The summed E-state index contributed by atoms with van der Waals surface area (Å²) in [7, 11) is 2.12. The van der Waals surface area contributed by atoms with Crippen LogP contribution in [0.3, 0.4) is 0 Å². The number of benzene rings is 2. The number of nitrogens with zero attached hydrogens (tertiary/aromatic N) is 2. The number of aryl methyl sites for hydroxylation is 1. The zero-order valence-corrected chi connectivity index (χ0v) is 16.3. The van der Waals surface area contributed by atoms with Crippen molar-refractivity contribution in [1.29, 1.82) is 0 Å². The number of likely N-dealkylation sites (N-methyl/N-ethyl adjacent to an activating group) is 1. The minimum atomic E-state index is -0.0688. The average Bonchev–Trinajstić information content (AvgIpc) is 2.70. The van der Waals surface area contributed by atoms with E-state index in [1.54, 1.807) is 6.92 Å². The van der Waals surface area contributed by atoms with Gasteiger partial charge in [-0.05, 0) is 48.7 Å². The van der Waals surface area contributed by atoms with Crippen LogP contribution in [0.2, 0.25) is 0 Å². The average molecular weight is 375 g/mol. The van der Waals surface area contributed by atoms with Crippen LogP contribution < -0.4 is 5.56 Å². The fraction of sp³-hybridized carbons (Fsp3) is 0.304. The highest BCUT2D eigenvalue weighted by Crippen LogP contribution is 2.24. The van der Waals surface area contributed by atoms with E-state index < -0.39 is 0 Å². The summed E-state index contributed by atoms with van der Waals surface area (Å²) in [5.41, 5.74) is 3.63. The number of hydrogen-bond donors (Lipinski definition) is 1. The standard InChI is InChI=1S/C23H25N3O2/c1-16-12-19-13-17(8-9-20(19)24-23(16)28)14-22(27)26-11-10-25(2)21(15-26)18-6-4-3-5-7-18/h3-9,12-13,21H,10-11,14-15H2,1-2H3,(H,24,28). The third-order valence-electron chi connectivity index (χ3n) is 5.63. The summed E-state index contributed by atoms with van der Waals surface area (Å²) in [6.07, 6.45) is 0.374. The molecule has 1 aliphatic heterocycles. The van der Waals surface area contributed by atoms with E-state index in [1.807, 2.05) is 47.4 Å². The number of pyridine rings is 1. The molecule has 1 aliphatic rings. The first-order chi connectivity index (χ1) is 13.5. The molecule has 5 nitrogen and oxygen atoms in total. The Kier molecular flexibility index (Phi) is 5.01. The third kappa shape index (κ3) is 3.71. The molecule has 1 fully saturated rings. The second kappa shape index (κ2) is 7.60. The van der Waals surface area contributed by atoms with Crippen molar-refractivity contribution in [1.82, 2.24) is 14.8 Å². The lowest BCUT2D eigenvalue weighted by molar-refractivity contribution is -0.133. The molecule has 4 rings (SSSR count). The van der Waals surface area contributed by atoms with Crippen molar-refractivity contribution in [2.45, 2.75) is 19.4 Å². The monoisotopic (exact) mass is 375 g/mol. The molecule has 1 amide bonds. The largest absolute Gasteiger partial charge is 0.339 e. The lowest BCUT2D eigenvalue weighted by Gasteiger charge is -2.39. The number of aromatic nitrogens is 1. The maximum absolute atomic E-state index is 13.0. The van der Waals surface area contributed by atoms with Crippen molar-refractivity contribution >= 4 is 16.8 Å². The second-order valence-corrected chi connectivity index (χ2v) is 7.63. The molecule has 5 heteroatoms. The van der Waals surface area contributed by atoms with E-state index >= 15 is 0 Å². The first-order valence-electron chi connectivity index (χ1n) is 9.67. The zero-order chi connectivity index (χ0) is 19.7. The van der Waals surface area contributed by atoms with Crippen molar-refractivity contribution in [3.8, 4) is 0 Å². The number of nitrogens with one attached hydrogen (secondary N) is 1. The minimum Gasteiger partial charge on any atom is -0.339 e. The Morgan fingerprint density at radius 1 is 1.11 bits per heavy atom. The van der Waals surface area contributed by atoms with Gasteiger partial charge in [0.1, 0.15) is 0 Å². The summed E-state index contributed by atoms with van der Waals surface area (Å²) in [5, 5.41) is 0.961. The lowest BCUT2D eigenvalue weighted by Crippen LogP contribution is -2.49. The van der Waals surface area contributed by atoms with Gasteiger partial charge in [-0.1, -0.05) is 36.4 Å². The Labute approximate surface area is 164 Å². The highest BCUT2D eigenvalue weighted by atomic mass is 16.2. The number of aromatic amines is 1. The van der Waals surface area contributed by atoms with Crippen molar-refractivity contribution in [2.24, 2.45) is 0 Å². The Bertz CT molecular complexity index is 1060. The summed E-state index contributed by atoms with van der Waals surface area (Å²) in [4.78, 5) is 31.9. The predicted octanol–water partition coefficient (Wildman–Crippen LogP) is 2.89. The van der Waals surface area contributed by atoms with Gasteiger partial charge in [0.05, 0.1) is 12.5 Å². The van der Waals surface area contributed by atoms with Crippen molar-refractivity contribution in [3.63, 3.8) is 0 Å². The van der Waals surface area contributed by atoms with Crippen LogP contribution in [0.25, 0.3) is 10.9 Å². The van der Waals surface area contributed by atoms with Gasteiger partial charge in [-0.25, -0.2) is 0 Å². The molecule has 0 spiro atoms. The quantitative estimate of drug-likeness (QED) is 0.766. The molecule has 1 aromatic heterocycles. The van der Waals surface area contributed by atoms with Gasteiger partial charge in [-0.2, -0.15) is 0 Å². The predicted molar refractivity (Wildman–Crippen MR) is 111 cm³/mol. The zero-order valence-electron chi connectivity index (χ0n) is 16.3. The van der Waals surface area contributed by atoms with Crippen LogP contribution in [0.4, 0.5) is 0 Å². The maximum atomic E-state index is 13.0. The van der Waals surface area contributed by atoms with Crippen LogP contribution in [-0.4, -0.2) is 47.4 Å². The van der Waals surface area contributed by atoms with Gasteiger partial charge in [-0.15, -0.1) is 0 Å². The van der Waals surface area contributed by atoms with Crippen molar-refractivity contribution < 1.29 is 4.79 Å². The van der Waals surface area contributed by atoms with Gasteiger partial charge in [0, 0.05) is 30.7 Å². The van der Waals surface area contributed by atoms with Crippen LogP contribution in [0, 0.1) is 6.92 Å².